The molecule has 4 nitrogen and oxygen atoms in total. The summed E-state index contributed by atoms with van der Waals surface area (Å²) in [6.07, 6.45) is 7.97. The highest BCUT2D eigenvalue weighted by atomic mass is 16.5. The second-order valence-corrected chi connectivity index (χ2v) is 9.00. The number of rotatable bonds is 8. The average molecular weight is 433 g/mol. The van der Waals surface area contributed by atoms with Crippen molar-refractivity contribution in [3.8, 4) is 11.5 Å². The molecule has 2 aromatic rings. The Hall–Kier alpha value is -3.14. The summed E-state index contributed by atoms with van der Waals surface area (Å²) in [5.41, 5.74) is 2.48. The van der Waals surface area contributed by atoms with Crippen LogP contribution in [0.5, 0.6) is 11.5 Å². The fourth-order valence-electron chi connectivity index (χ4n) is 4.06. The normalized spacial score (nSPS) is 14.8. The van der Waals surface area contributed by atoms with Gasteiger partial charge in [-0.3, -0.25) is 0 Å². The zero-order valence-corrected chi connectivity index (χ0v) is 19.5. The molecule has 1 aliphatic rings. The van der Waals surface area contributed by atoms with E-state index in [1.165, 1.54) is 0 Å². The average Bonchev–Trinajstić information content (AvgIpc) is 2.75. The van der Waals surface area contributed by atoms with Crippen molar-refractivity contribution >= 4 is 22.7 Å². The Balaban J connectivity index is 2.23. The van der Waals surface area contributed by atoms with Gasteiger partial charge in [-0.1, -0.05) is 76.3 Å². The zero-order chi connectivity index (χ0) is 23.4. The lowest BCUT2D eigenvalue weighted by molar-refractivity contribution is -0.131. The number of carbonyl (C=O) groups excluding carboxylic acids is 2. The predicted molar refractivity (Wildman–Crippen MR) is 129 cm³/mol. The predicted octanol–water partition coefficient (Wildman–Crippen LogP) is 6.83. The Morgan fingerprint density at radius 3 is 2.12 bits per heavy atom. The zero-order valence-electron chi connectivity index (χ0n) is 19.5. The molecule has 0 amide bonds. The number of fused-ring (bicyclic) bond motifs is 2. The summed E-state index contributed by atoms with van der Waals surface area (Å²) in [5.74, 6) is 0.827. The maximum atomic E-state index is 12.6. The smallest absolute Gasteiger partial charge is 0.338 e. The van der Waals surface area contributed by atoms with Crippen molar-refractivity contribution < 1.29 is 19.1 Å². The number of hydrogen-bond donors (Lipinski definition) is 0. The van der Waals surface area contributed by atoms with Gasteiger partial charge < -0.3 is 9.47 Å². The summed E-state index contributed by atoms with van der Waals surface area (Å²) in [7, 11) is 0. The van der Waals surface area contributed by atoms with Crippen LogP contribution in [0.2, 0.25) is 0 Å². The fourth-order valence-corrected chi connectivity index (χ4v) is 4.06. The first-order valence-corrected chi connectivity index (χ1v) is 11.2. The van der Waals surface area contributed by atoms with Gasteiger partial charge in [0.25, 0.3) is 0 Å². The van der Waals surface area contributed by atoms with Crippen molar-refractivity contribution in [1.82, 2.24) is 0 Å². The number of allylic oxidation sites excluding steroid dienone is 2. The van der Waals surface area contributed by atoms with Gasteiger partial charge >= 0.3 is 11.9 Å². The summed E-state index contributed by atoms with van der Waals surface area (Å²) in [6.45, 7) is 15.2. The summed E-state index contributed by atoms with van der Waals surface area (Å²) < 4.78 is 11.8. The van der Waals surface area contributed by atoms with Crippen molar-refractivity contribution in [2.24, 2.45) is 5.92 Å². The Morgan fingerprint density at radius 1 is 1.00 bits per heavy atom. The maximum Gasteiger partial charge on any atom is 0.338 e. The van der Waals surface area contributed by atoms with E-state index in [2.05, 4.69) is 39.2 Å². The highest BCUT2D eigenvalue weighted by Gasteiger charge is 2.29. The van der Waals surface area contributed by atoms with E-state index >= 15 is 0 Å². The molecule has 0 saturated carbocycles. The lowest BCUT2D eigenvalue weighted by Crippen LogP contribution is -2.17. The van der Waals surface area contributed by atoms with E-state index in [9.17, 15) is 9.59 Å². The van der Waals surface area contributed by atoms with Gasteiger partial charge in [0.05, 0.1) is 0 Å². The van der Waals surface area contributed by atoms with Gasteiger partial charge in [-0.25, -0.2) is 9.59 Å². The van der Waals surface area contributed by atoms with Crippen LogP contribution >= 0.6 is 0 Å². The van der Waals surface area contributed by atoms with Crippen LogP contribution in [0.25, 0.3) is 10.8 Å². The van der Waals surface area contributed by atoms with E-state index in [-0.39, 0.29) is 5.92 Å². The molecule has 0 N–H and O–H groups in total. The molecule has 0 aliphatic heterocycles. The SMILES string of the molecule is C=C(C)C(=O)Oc1c2c(c(OC(=O)C(=C)C)c3ccccc13)C(CCCC(C)C)C=CC2. The van der Waals surface area contributed by atoms with Gasteiger partial charge in [-0.05, 0) is 32.6 Å². The fraction of sp³-hybridized carbons (Fsp3) is 0.357. The van der Waals surface area contributed by atoms with Crippen LogP contribution in [0.15, 0.2) is 60.7 Å². The van der Waals surface area contributed by atoms with Crippen LogP contribution in [-0.2, 0) is 16.0 Å². The molecule has 1 atom stereocenters. The van der Waals surface area contributed by atoms with Gasteiger partial charge in [0.2, 0.25) is 0 Å². The van der Waals surface area contributed by atoms with Crippen LogP contribution in [0, 0.1) is 5.92 Å². The van der Waals surface area contributed by atoms with Gasteiger partial charge in [0.15, 0.2) is 0 Å². The Kier molecular flexibility index (Phi) is 7.34. The van der Waals surface area contributed by atoms with Crippen molar-refractivity contribution in [2.45, 2.75) is 59.3 Å². The summed E-state index contributed by atoms with van der Waals surface area (Å²) in [5, 5.41) is 1.48. The number of ether oxygens (including phenoxy) is 2. The van der Waals surface area contributed by atoms with Gasteiger partial charge in [-0.15, -0.1) is 0 Å². The number of hydrogen-bond acceptors (Lipinski definition) is 4. The van der Waals surface area contributed by atoms with Crippen LogP contribution < -0.4 is 9.47 Å². The van der Waals surface area contributed by atoms with Gasteiger partial charge in [0, 0.05) is 39.0 Å². The molecule has 3 rings (SSSR count). The summed E-state index contributed by atoms with van der Waals surface area (Å²) in [4.78, 5) is 25.1. The number of benzene rings is 2. The van der Waals surface area contributed by atoms with E-state index in [1.54, 1.807) is 13.8 Å². The van der Waals surface area contributed by atoms with E-state index < -0.39 is 11.9 Å². The maximum absolute atomic E-state index is 12.6. The Bertz CT molecular complexity index is 1100. The lowest BCUT2D eigenvalue weighted by atomic mass is 9.81. The monoisotopic (exact) mass is 432 g/mol. The van der Waals surface area contributed by atoms with Gasteiger partial charge in [-0.2, -0.15) is 0 Å². The van der Waals surface area contributed by atoms with Gasteiger partial charge in [0.1, 0.15) is 11.5 Å². The van der Waals surface area contributed by atoms with E-state index in [1.807, 2.05) is 24.3 Å². The molecule has 1 unspecified atom stereocenters. The molecule has 2 aromatic carbocycles. The minimum atomic E-state index is -0.463. The summed E-state index contributed by atoms with van der Waals surface area (Å²) in [6, 6.07) is 7.57. The third-order valence-electron chi connectivity index (χ3n) is 5.70. The molecule has 4 heteroatoms. The molecule has 32 heavy (non-hydrogen) atoms. The van der Waals surface area contributed by atoms with Crippen molar-refractivity contribution in [3.63, 3.8) is 0 Å². The standard InChI is InChI=1S/C28H32O4/c1-17(2)11-9-12-20-13-10-16-23-24(20)26(32-28(30)19(5)6)22-15-8-7-14-21(22)25(23)31-27(29)18(3)4/h7-8,10,13-15,17,20H,3,5,9,11-12,16H2,1-2,4,6H3. The third-order valence-corrected chi connectivity index (χ3v) is 5.70. The van der Waals surface area contributed by atoms with Crippen LogP contribution in [0.3, 0.4) is 0 Å². The number of carbonyl (C=O) groups is 2. The second kappa shape index (κ2) is 9.99. The first-order valence-electron chi connectivity index (χ1n) is 11.2. The summed E-state index contributed by atoms with van der Waals surface area (Å²) >= 11 is 0. The van der Waals surface area contributed by atoms with Crippen LogP contribution in [0.1, 0.15) is 64.0 Å². The quantitative estimate of drug-likeness (QED) is 0.199. The molecule has 0 heterocycles. The van der Waals surface area contributed by atoms with E-state index in [0.717, 1.165) is 41.2 Å². The topological polar surface area (TPSA) is 52.6 Å². The minimum absolute atomic E-state index is 0.0670. The van der Waals surface area contributed by atoms with Crippen molar-refractivity contribution in [2.75, 3.05) is 0 Å². The largest absolute Gasteiger partial charge is 0.422 e. The minimum Gasteiger partial charge on any atom is -0.422 e. The molecule has 0 radical (unpaired) electrons. The highest BCUT2D eigenvalue weighted by Crippen LogP contribution is 2.48. The Morgan fingerprint density at radius 2 is 1.56 bits per heavy atom. The van der Waals surface area contributed by atoms with Crippen LogP contribution in [-0.4, -0.2) is 11.9 Å². The first-order chi connectivity index (χ1) is 15.2. The van der Waals surface area contributed by atoms with Crippen molar-refractivity contribution in [1.29, 1.82) is 0 Å². The molecule has 0 aromatic heterocycles. The highest BCUT2D eigenvalue weighted by molar-refractivity contribution is 6.01. The number of esters is 2. The van der Waals surface area contributed by atoms with E-state index in [0.29, 0.717) is 35.0 Å². The molecule has 0 fully saturated rings. The van der Waals surface area contributed by atoms with Crippen LogP contribution in [0.4, 0.5) is 0 Å². The molecule has 0 saturated heterocycles. The van der Waals surface area contributed by atoms with E-state index in [4.69, 9.17) is 9.47 Å². The second-order valence-electron chi connectivity index (χ2n) is 9.00. The molecular formula is C28H32O4. The lowest BCUT2D eigenvalue weighted by Gasteiger charge is -2.27. The molecule has 0 bridgehead atoms. The molecular weight excluding hydrogens is 400 g/mol. The van der Waals surface area contributed by atoms with Crippen molar-refractivity contribution in [3.05, 3.63) is 71.8 Å². The molecule has 0 spiro atoms. The Labute approximate surface area is 190 Å². The first kappa shape index (κ1) is 23.5. The molecule has 1 aliphatic carbocycles. The molecule has 168 valence electrons. The third kappa shape index (κ3) is 5.01.